The lowest BCUT2D eigenvalue weighted by atomic mass is 10.3. The van der Waals surface area contributed by atoms with E-state index >= 15 is 0 Å². The van der Waals surface area contributed by atoms with Crippen LogP contribution in [0.15, 0.2) is 42.9 Å². The zero-order valence-electron chi connectivity index (χ0n) is 12.3. The van der Waals surface area contributed by atoms with Crippen molar-refractivity contribution in [3.63, 3.8) is 0 Å². The fraction of sp³-hybridized carbons (Fsp3) is 0.312. The predicted octanol–water partition coefficient (Wildman–Crippen LogP) is 2.40. The highest BCUT2D eigenvalue weighted by Gasteiger charge is 2.13. The third-order valence-corrected chi connectivity index (χ3v) is 3.61. The molecule has 0 spiro atoms. The molecule has 2 aromatic heterocycles. The van der Waals surface area contributed by atoms with Crippen molar-refractivity contribution in [2.45, 2.75) is 19.4 Å². The summed E-state index contributed by atoms with van der Waals surface area (Å²) in [5.74, 6) is 0.971. The molecule has 0 bridgehead atoms. The van der Waals surface area contributed by atoms with E-state index in [1.807, 2.05) is 24.3 Å². The summed E-state index contributed by atoms with van der Waals surface area (Å²) in [5, 5.41) is 5.57. The van der Waals surface area contributed by atoms with Gasteiger partial charge >= 0.3 is 6.03 Å². The zero-order valence-corrected chi connectivity index (χ0v) is 12.3. The van der Waals surface area contributed by atoms with E-state index in [4.69, 9.17) is 0 Å². The summed E-state index contributed by atoms with van der Waals surface area (Å²) in [5.41, 5.74) is 1.65. The van der Waals surface area contributed by atoms with Crippen LogP contribution in [0.2, 0.25) is 0 Å². The van der Waals surface area contributed by atoms with E-state index in [2.05, 4.69) is 25.5 Å². The van der Waals surface area contributed by atoms with Gasteiger partial charge in [-0.15, -0.1) is 0 Å². The van der Waals surface area contributed by atoms with Crippen molar-refractivity contribution < 1.29 is 4.79 Å². The van der Waals surface area contributed by atoms with Gasteiger partial charge < -0.3 is 15.5 Å². The number of aromatic nitrogens is 2. The van der Waals surface area contributed by atoms with Crippen molar-refractivity contribution >= 4 is 17.5 Å². The molecule has 1 saturated heterocycles. The molecule has 22 heavy (non-hydrogen) atoms. The quantitative estimate of drug-likeness (QED) is 0.909. The highest BCUT2D eigenvalue weighted by atomic mass is 16.2. The standard InChI is InChI=1S/C16H19N5O/c22-16(19-11-13-4-3-7-17-10-13)20-14-5-6-15(18-12-14)21-8-1-2-9-21/h3-7,10,12H,1-2,8-9,11H2,(H2,19,20,22). The van der Waals surface area contributed by atoms with Crippen molar-refractivity contribution in [1.29, 1.82) is 0 Å². The Morgan fingerprint density at radius 3 is 2.73 bits per heavy atom. The maximum Gasteiger partial charge on any atom is 0.319 e. The highest BCUT2D eigenvalue weighted by molar-refractivity contribution is 5.89. The van der Waals surface area contributed by atoms with Crippen LogP contribution in [0.4, 0.5) is 16.3 Å². The van der Waals surface area contributed by atoms with Crippen LogP contribution in [0, 0.1) is 0 Å². The first-order valence-corrected chi connectivity index (χ1v) is 7.46. The molecule has 0 saturated carbocycles. The van der Waals surface area contributed by atoms with Crippen LogP contribution in [-0.4, -0.2) is 29.1 Å². The molecule has 6 heteroatoms. The largest absolute Gasteiger partial charge is 0.357 e. The van der Waals surface area contributed by atoms with Gasteiger partial charge in [0.2, 0.25) is 0 Å². The van der Waals surface area contributed by atoms with E-state index in [9.17, 15) is 4.79 Å². The highest BCUT2D eigenvalue weighted by Crippen LogP contribution is 2.18. The predicted molar refractivity (Wildman–Crippen MR) is 85.8 cm³/mol. The maximum absolute atomic E-state index is 11.8. The van der Waals surface area contributed by atoms with Gasteiger partial charge in [0.1, 0.15) is 5.82 Å². The van der Waals surface area contributed by atoms with Crippen LogP contribution >= 0.6 is 0 Å². The molecule has 2 amide bonds. The minimum absolute atomic E-state index is 0.250. The summed E-state index contributed by atoms with van der Waals surface area (Å²) in [6.45, 7) is 2.57. The number of anilines is 2. The first-order valence-electron chi connectivity index (χ1n) is 7.46. The second kappa shape index (κ2) is 6.89. The Bertz CT molecular complexity index is 608. The Morgan fingerprint density at radius 1 is 1.18 bits per heavy atom. The molecule has 0 aromatic carbocycles. The average molecular weight is 297 g/mol. The van der Waals surface area contributed by atoms with Crippen LogP contribution in [0.5, 0.6) is 0 Å². The van der Waals surface area contributed by atoms with Gasteiger partial charge in [-0.1, -0.05) is 6.07 Å². The number of nitrogens with zero attached hydrogens (tertiary/aromatic N) is 3. The number of hydrogen-bond acceptors (Lipinski definition) is 4. The maximum atomic E-state index is 11.8. The third-order valence-electron chi connectivity index (χ3n) is 3.61. The molecule has 114 valence electrons. The van der Waals surface area contributed by atoms with Gasteiger partial charge in [-0.05, 0) is 36.6 Å². The van der Waals surface area contributed by atoms with Crippen molar-refractivity contribution in [3.05, 3.63) is 48.4 Å². The molecule has 3 rings (SSSR count). The summed E-state index contributed by atoms with van der Waals surface area (Å²) >= 11 is 0. The van der Waals surface area contributed by atoms with Crippen LogP contribution < -0.4 is 15.5 Å². The van der Waals surface area contributed by atoms with Gasteiger partial charge in [0.25, 0.3) is 0 Å². The number of urea groups is 1. The van der Waals surface area contributed by atoms with Crippen molar-refractivity contribution in [1.82, 2.24) is 15.3 Å². The number of carbonyl (C=O) groups is 1. The number of pyridine rings is 2. The van der Waals surface area contributed by atoms with Gasteiger partial charge in [0, 0.05) is 32.0 Å². The number of carbonyl (C=O) groups excluding carboxylic acids is 1. The molecule has 1 aliphatic heterocycles. The van der Waals surface area contributed by atoms with E-state index in [-0.39, 0.29) is 6.03 Å². The second-order valence-electron chi connectivity index (χ2n) is 5.27. The topological polar surface area (TPSA) is 70.2 Å². The monoisotopic (exact) mass is 297 g/mol. The summed E-state index contributed by atoms with van der Waals surface area (Å²) in [6.07, 6.45) is 7.57. The molecule has 0 atom stereocenters. The number of rotatable bonds is 4. The van der Waals surface area contributed by atoms with Crippen molar-refractivity contribution in [3.8, 4) is 0 Å². The van der Waals surface area contributed by atoms with Crippen molar-refractivity contribution in [2.75, 3.05) is 23.3 Å². The molecule has 0 aliphatic carbocycles. The molecule has 1 aliphatic rings. The van der Waals surface area contributed by atoms with E-state index in [0.717, 1.165) is 24.5 Å². The SMILES string of the molecule is O=C(NCc1cccnc1)Nc1ccc(N2CCCC2)nc1. The lowest BCUT2D eigenvalue weighted by Gasteiger charge is -2.16. The average Bonchev–Trinajstić information content (AvgIpc) is 3.09. The van der Waals surface area contributed by atoms with E-state index in [1.165, 1.54) is 12.8 Å². The van der Waals surface area contributed by atoms with Gasteiger partial charge in [-0.3, -0.25) is 4.98 Å². The summed E-state index contributed by atoms with van der Waals surface area (Å²) < 4.78 is 0. The van der Waals surface area contributed by atoms with Gasteiger partial charge in [0.05, 0.1) is 11.9 Å². The van der Waals surface area contributed by atoms with Crippen LogP contribution in [0.1, 0.15) is 18.4 Å². The lowest BCUT2D eigenvalue weighted by Crippen LogP contribution is -2.28. The third kappa shape index (κ3) is 3.72. The van der Waals surface area contributed by atoms with Gasteiger partial charge in [-0.2, -0.15) is 0 Å². The molecule has 2 N–H and O–H groups in total. The van der Waals surface area contributed by atoms with Crippen LogP contribution in [0.3, 0.4) is 0 Å². The molecular weight excluding hydrogens is 278 g/mol. The lowest BCUT2D eigenvalue weighted by molar-refractivity contribution is 0.251. The molecule has 3 heterocycles. The Balaban J connectivity index is 1.50. The van der Waals surface area contributed by atoms with Crippen LogP contribution in [-0.2, 0) is 6.54 Å². The van der Waals surface area contributed by atoms with E-state index in [1.54, 1.807) is 18.6 Å². The number of amides is 2. The minimum Gasteiger partial charge on any atom is -0.357 e. The molecule has 2 aromatic rings. The number of hydrogen-bond donors (Lipinski definition) is 2. The summed E-state index contributed by atoms with van der Waals surface area (Å²) in [6, 6.07) is 7.33. The Labute approximate surface area is 129 Å². The smallest absolute Gasteiger partial charge is 0.319 e. The van der Waals surface area contributed by atoms with Gasteiger partial charge in [-0.25, -0.2) is 9.78 Å². The van der Waals surface area contributed by atoms with Crippen LogP contribution in [0.25, 0.3) is 0 Å². The fourth-order valence-electron chi connectivity index (χ4n) is 2.45. The molecule has 6 nitrogen and oxygen atoms in total. The first kappa shape index (κ1) is 14.3. The Morgan fingerprint density at radius 2 is 2.05 bits per heavy atom. The Hall–Kier alpha value is -2.63. The second-order valence-corrected chi connectivity index (χ2v) is 5.27. The molecular formula is C16H19N5O. The molecule has 0 radical (unpaired) electrons. The summed E-state index contributed by atoms with van der Waals surface area (Å²) in [7, 11) is 0. The minimum atomic E-state index is -0.250. The molecule has 0 unspecified atom stereocenters. The normalized spacial score (nSPS) is 13.9. The number of nitrogens with one attached hydrogen (secondary N) is 2. The molecule has 1 fully saturated rings. The Kier molecular flexibility index (Phi) is 4.48. The first-order chi connectivity index (χ1) is 10.8. The van der Waals surface area contributed by atoms with Crippen molar-refractivity contribution in [2.24, 2.45) is 0 Å². The summed E-state index contributed by atoms with van der Waals surface area (Å²) in [4.78, 5) is 22.5. The van der Waals surface area contributed by atoms with Gasteiger partial charge in [0.15, 0.2) is 0 Å². The van der Waals surface area contributed by atoms with E-state index in [0.29, 0.717) is 12.2 Å². The fourth-order valence-corrected chi connectivity index (χ4v) is 2.45. The zero-order chi connectivity index (χ0) is 15.2. The van der Waals surface area contributed by atoms with E-state index < -0.39 is 0 Å².